The minimum Gasteiger partial charge on any atom is -0.374 e. The van der Waals surface area contributed by atoms with Gasteiger partial charge in [0.15, 0.2) is 5.82 Å². The number of nitrogens with zero attached hydrogens (tertiary/aromatic N) is 2. The van der Waals surface area contributed by atoms with Gasteiger partial charge in [-0.2, -0.15) is 0 Å². The number of anilines is 3. The molecule has 0 saturated carbocycles. The molecule has 1 aromatic heterocycles. The number of nitrogens with one attached hydrogen (secondary N) is 2. The van der Waals surface area contributed by atoms with Gasteiger partial charge in [-0.25, -0.2) is 9.97 Å². The molecule has 5 nitrogen and oxygen atoms in total. The van der Waals surface area contributed by atoms with E-state index in [4.69, 9.17) is 4.74 Å². The molecule has 0 aliphatic rings. The van der Waals surface area contributed by atoms with Crippen LogP contribution in [0.25, 0.3) is 0 Å². The lowest BCUT2D eigenvalue weighted by atomic mass is 10.1. The molecule has 2 aromatic rings. The fourth-order valence-electron chi connectivity index (χ4n) is 2.04. The van der Waals surface area contributed by atoms with Crippen LogP contribution >= 0.6 is 0 Å². The molecule has 2 N–H and O–H groups in total. The average molecular weight is 286 g/mol. The van der Waals surface area contributed by atoms with Gasteiger partial charge >= 0.3 is 0 Å². The van der Waals surface area contributed by atoms with E-state index >= 15 is 0 Å². The number of aryl methyl sites for hydroxylation is 1. The molecule has 0 amide bonds. The molecule has 21 heavy (non-hydrogen) atoms. The summed E-state index contributed by atoms with van der Waals surface area (Å²) in [6.07, 6.45) is 0.971. The maximum Gasteiger partial charge on any atom is 0.158 e. The van der Waals surface area contributed by atoms with E-state index in [1.807, 2.05) is 32.2 Å². The molecule has 0 unspecified atom stereocenters. The van der Waals surface area contributed by atoms with Gasteiger partial charge in [0.25, 0.3) is 0 Å². The molecule has 2 rings (SSSR count). The lowest BCUT2D eigenvalue weighted by Gasteiger charge is -2.12. The van der Waals surface area contributed by atoms with Gasteiger partial charge in [0.05, 0.1) is 0 Å². The highest BCUT2D eigenvalue weighted by Gasteiger charge is 2.06. The van der Waals surface area contributed by atoms with Crippen LogP contribution in [0.3, 0.4) is 0 Å². The Labute approximate surface area is 125 Å². The smallest absolute Gasteiger partial charge is 0.158 e. The van der Waals surface area contributed by atoms with Crippen LogP contribution in [0.15, 0.2) is 30.3 Å². The summed E-state index contributed by atoms with van der Waals surface area (Å²) in [6.45, 7) is 5.16. The average Bonchev–Trinajstić information content (AvgIpc) is 2.53. The topological polar surface area (TPSA) is 59.1 Å². The number of hydrogen-bond acceptors (Lipinski definition) is 5. The first kappa shape index (κ1) is 15.3. The Morgan fingerprint density at radius 2 is 1.86 bits per heavy atom. The van der Waals surface area contributed by atoms with E-state index in [9.17, 15) is 0 Å². The van der Waals surface area contributed by atoms with Crippen LogP contribution in [0.2, 0.25) is 0 Å². The zero-order valence-corrected chi connectivity index (χ0v) is 12.8. The molecule has 0 aliphatic carbocycles. The molecule has 0 atom stereocenters. The van der Waals surface area contributed by atoms with Crippen molar-refractivity contribution in [2.75, 3.05) is 24.3 Å². The van der Waals surface area contributed by atoms with E-state index < -0.39 is 0 Å². The van der Waals surface area contributed by atoms with Gasteiger partial charge in [-0.15, -0.1) is 0 Å². The van der Waals surface area contributed by atoms with Crippen molar-refractivity contribution in [1.82, 2.24) is 9.97 Å². The van der Waals surface area contributed by atoms with Crippen molar-refractivity contribution in [2.24, 2.45) is 0 Å². The third kappa shape index (κ3) is 4.16. The summed E-state index contributed by atoms with van der Waals surface area (Å²) in [7, 11) is 1.84. The Morgan fingerprint density at radius 1 is 1.10 bits per heavy atom. The Bertz CT molecular complexity index is 586. The predicted molar refractivity (Wildman–Crippen MR) is 86.0 cm³/mol. The van der Waals surface area contributed by atoms with Crippen molar-refractivity contribution in [1.29, 1.82) is 0 Å². The fourth-order valence-corrected chi connectivity index (χ4v) is 2.04. The van der Waals surface area contributed by atoms with Crippen molar-refractivity contribution in [2.45, 2.75) is 26.9 Å². The van der Waals surface area contributed by atoms with Crippen molar-refractivity contribution >= 4 is 17.3 Å². The van der Waals surface area contributed by atoms with Crippen LogP contribution in [0.4, 0.5) is 17.3 Å². The quantitative estimate of drug-likeness (QED) is 0.817. The highest BCUT2D eigenvalue weighted by Crippen LogP contribution is 2.21. The summed E-state index contributed by atoms with van der Waals surface area (Å²) in [5.41, 5.74) is 2.33. The summed E-state index contributed by atoms with van der Waals surface area (Å²) in [5, 5.41) is 6.42. The molecule has 1 aromatic carbocycles. The van der Waals surface area contributed by atoms with Gasteiger partial charge in [0.2, 0.25) is 0 Å². The number of para-hydroxylation sites is 1. The molecule has 0 spiro atoms. The second-order valence-electron chi connectivity index (χ2n) is 4.58. The fraction of sp³-hybridized carbons (Fsp3) is 0.375. The van der Waals surface area contributed by atoms with Gasteiger partial charge in [-0.05, 0) is 25.0 Å². The monoisotopic (exact) mass is 286 g/mol. The Balaban J connectivity index is 2.25. The molecule has 5 heteroatoms. The van der Waals surface area contributed by atoms with Gasteiger partial charge in [-0.3, -0.25) is 0 Å². The zero-order valence-electron chi connectivity index (χ0n) is 12.8. The molecular formula is C16H22N4O. The molecule has 0 fully saturated rings. The van der Waals surface area contributed by atoms with E-state index in [0.717, 1.165) is 23.7 Å². The Kier molecular flexibility index (Phi) is 5.51. The van der Waals surface area contributed by atoms with E-state index in [-0.39, 0.29) is 0 Å². The third-order valence-corrected chi connectivity index (χ3v) is 3.12. The first-order valence-corrected chi connectivity index (χ1v) is 7.25. The number of aromatic nitrogens is 2. The highest BCUT2D eigenvalue weighted by molar-refractivity contribution is 5.62. The van der Waals surface area contributed by atoms with Gasteiger partial charge in [-0.1, -0.05) is 25.1 Å². The second-order valence-corrected chi connectivity index (χ2v) is 4.58. The van der Waals surface area contributed by atoms with Crippen molar-refractivity contribution in [3.8, 4) is 0 Å². The van der Waals surface area contributed by atoms with E-state index in [1.54, 1.807) is 0 Å². The molecule has 0 bridgehead atoms. The standard InChI is InChI=1S/C16H22N4O/c1-4-12-8-6-7-9-13(12)18-15-10-14(17-3)19-16(20-15)11-21-5-2/h6-10H,4-5,11H2,1-3H3,(H2,17,18,19,20). The number of ether oxygens (including phenoxy) is 1. The van der Waals surface area contributed by atoms with E-state index in [0.29, 0.717) is 19.0 Å². The van der Waals surface area contributed by atoms with Crippen LogP contribution in [0.5, 0.6) is 0 Å². The van der Waals surface area contributed by atoms with Crippen LogP contribution in [0.1, 0.15) is 25.2 Å². The van der Waals surface area contributed by atoms with E-state index in [1.165, 1.54) is 5.56 Å². The normalized spacial score (nSPS) is 10.4. The van der Waals surface area contributed by atoms with Crippen molar-refractivity contribution < 1.29 is 4.74 Å². The zero-order chi connectivity index (χ0) is 15.1. The maximum atomic E-state index is 5.39. The summed E-state index contributed by atoms with van der Waals surface area (Å²) >= 11 is 0. The number of benzene rings is 1. The summed E-state index contributed by atoms with van der Waals surface area (Å²) < 4.78 is 5.39. The van der Waals surface area contributed by atoms with Crippen LogP contribution in [0, 0.1) is 0 Å². The Morgan fingerprint density at radius 3 is 2.57 bits per heavy atom. The van der Waals surface area contributed by atoms with Gasteiger partial charge < -0.3 is 15.4 Å². The molecule has 0 radical (unpaired) electrons. The molecule has 0 saturated heterocycles. The lowest BCUT2D eigenvalue weighted by Crippen LogP contribution is -2.06. The Hall–Kier alpha value is -2.14. The van der Waals surface area contributed by atoms with Crippen LogP contribution < -0.4 is 10.6 Å². The first-order chi connectivity index (χ1) is 10.3. The lowest BCUT2D eigenvalue weighted by molar-refractivity contribution is 0.128. The number of rotatable bonds is 7. The summed E-state index contributed by atoms with van der Waals surface area (Å²) in [4.78, 5) is 8.89. The van der Waals surface area contributed by atoms with Crippen LogP contribution in [-0.4, -0.2) is 23.6 Å². The second kappa shape index (κ2) is 7.59. The molecule has 112 valence electrons. The van der Waals surface area contributed by atoms with E-state index in [2.05, 4.69) is 39.7 Å². The number of hydrogen-bond donors (Lipinski definition) is 2. The first-order valence-electron chi connectivity index (χ1n) is 7.25. The largest absolute Gasteiger partial charge is 0.374 e. The van der Waals surface area contributed by atoms with Crippen molar-refractivity contribution in [3.63, 3.8) is 0 Å². The van der Waals surface area contributed by atoms with Crippen molar-refractivity contribution in [3.05, 3.63) is 41.7 Å². The minimum absolute atomic E-state index is 0.413. The molecular weight excluding hydrogens is 264 g/mol. The SMILES string of the molecule is CCOCc1nc(NC)cc(Nc2ccccc2CC)n1. The van der Waals surface area contributed by atoms with Gasteiger partial charge in [0.1, 0.15) is 18.2 Å². The van der Waals surface area contributed by atoms with Crippen LogP contribution in [-0.2, 0) is 17.8 Å². The summed E-state index contributed by atoms with van der Waals surface area (Å²) in [6, 6.07) is 10.1. The van der Waals surface area contributed by atoms with Gasteiger partial charge in [0, 0.05) is 25.4 Å². The highest BCUT2D eigenvalue weighted by atomic mass is 16.5. The molecule has 1 heterocycles. The maximum absolute atomic E-state index is 5.39. The molecule has 0 aliphatic heterocycles. The summed E-state index contributed by atoms with van der Waals surface area (Å²) in [5.74, 6) is 2.21. The predicted octanol–water partition coefficient (Wildman–Crippen LogP) is 3.36. The minimum atomic E-state index is 0.413. The third-order valence-electron chi connectivity index (χ3n) is 3.12.